The highest BCUT2D eigenvalue weighted by Gasteiger charge is 2.62. The van der Waals surface area contributed by atoms with Gasteiger partial charge in [-0.3, -0.25) is 18.9 Å². The molecule has 3 aromatic rings. The third-order valence-corrected chi connectivity index (χ3v) is 10.2. The predicted octanol–water partition coefficient (Wildman–Crippen LogP) is 4.94. The van der Waals surface area contributed by atoms with Crippen LogP contribution >= 0.6 is 7.75 Å². The van der Waals surface area contributed by atoms with E-state index in [0.29, 0.717) is 5.52 Å². The SMILES string of the molecule is CCC(CC)COC(=O)[C@H](C)NP(=O)(OC[C@@]1(C#N)O[C@@H](c2ccc3c(N)ncnn23)[C@@H](OC(=O)C(C)C)[C@@H]1OC(=O)C(C)C)Oc1ccccc1. The molecule has 0 bridgehead atoms. The van der Waals surface area contributed by atoms with Crippen molar-refractivity contribution in [1.29, 1.82) is 5.26 Å². The number of nitrogens with one attached hydrogen (secondary N) is 1. The van der Waals surface area contributed by atoms with Crippen LogP contribution in [0, 0.1) is 29.1 Å². The zero-order valence-electron chi connectivity index (χ0n) is 30.4. The van der Waals surface area contributed by atoms with E-state index in [0.717, 1.165) is 12.8 Å². The number of hydrogen-bond acceptors (Lipinski definition) is 14. The summed E-state index contributed by atoms with van der Waals surface area (Å²) in [5.74, 6) is -2.98. The van der Waals surface area contributed by atoms with Crippen LogP contribution in [0.4, 0.5) is 5.82 Å². The van der Waals surface area contributed by atoms with Gasteiger partial charge in [-0.05, 0) is 37.1 Å². The Morgan fingerprint density at radius 1 is 1.02 bits per heavy atom. The van der Waals surface area contributed by atoms with Crippen molar-refractivity contribution in [2.45, 2.75) is 91.3 Å². The fourth-order valence-electron chi connectivity index (χ4n) is 5.29. The molecule has 1 aromatic carbocycles. The number of nitriles is 1. The molecule has 1 unspecified atom stereocenters. The highest BCUT2D eigenvalue weighted by Crippen LogP contribution is 2.50. The largest absolute Gasteiger partial charge is 0.464 e. The van der Waals surface area contributed by atoms with E-state index in [2.05, 4.69) is 15.2 Å². The molecule has 52 heavy (non-hydrogen) atoms. The van der Waals surface area contributed by atoms with E-state index in [1.165, 1.54) is 29.9 Å². The van der Waals surface area contributed by atoms with Gasteiger partial charge in [-0.1, -0.05) is 72.6 Å². The van der Waals surface area contributed by atoms with Gasteiger partial charge in [0.2, 0.25) is 5.60 Å². The van der Waals surface area contributed by atoms with Crippen molar-refractivity contribution in [3.63, 3.8) is 0 Å². The Kier molecular flexibility index (Phi) is 13.4. The number of anilines is 1. The summed E-state index contributed by atoms with van der Waals surface area (Å²) in [4.78, 5) is 43.3. The van der Waals surface area contributed by atoms with Crippen LogP contribution in [0.25, 0.3) is 5.52 Å². The number of nitrogen functional groups attached to an aromatic ring is 1. The lowest BCUT2D eigenvalue weighted by Gasteiger charge is -2.31. The second kappa shape index (κ2) is 17.3. The van der Waals surface area contributed by atoms with E-state index in [-0.39, 0.29) is 29.8 Å². The number of fused-ring (bicyclic) bond motifs is 1. The maximum absolute atomic E-state index is 14.5. The summed E-state index contributed by atoms with van der Waals surface area (Å²) >= 11 is 0. The summed E-state index contributed by atoms with van der Waals surface area (Å²) in [7, 11) is -4.56. The van der Waals surface area contributed by atoms with Crippen LogP contribution in [0.15, 0.2) is 48.8 Å². The first-order chi connectivity index (χ1) is 24.7. The molecule has 0 radical (unpaired) electrons. The van der Waals surface area contributed by atoms with Crippen LogP contribution in [-0.2, 0) is 42.4 Å². The summed E-state index contributed by atoms with van der Waals surface area (Å²) in [6.07, 6.45) is -1.50. The van der Waals surface area contributed by atoms with Crippen molar-refractivity contribution in [3.8, 4) is 11.8 Å². The fourth-order valence-corrected chi connectivity index (χ4v) is 6.81. The molecule has 0 amide bonds. The quantitative estimate of drug-likeness (QED) is 0.106. The summed E-state index contributed by atoms with van der Waals surface area (Å²) in [5, 5.41) is 17.7. The topological polar surface area (TPSA) is 216 Å². The Hall–Kier alpha value is -4.55. The van der Waals surface area contributed by atoms with E-state index < -0.39 is 74.1 Å². The molecular formula is C35H47N6O10P. The Balaban J connectivity index is 1.76. The van der Waals surface area contributed by atoms with Gasteiger partial charge in [0, 0.05) is 0 Å². The molecule has 0 saturated carbocycles. The first kappa shape index (κ1) is 40.2. The molecular weight excluding hydrogens is 695 g/mol. The number of carbonyl (C=O) groups is 3. The van der Waals surface area contributed by atoms with Gasteiger partial charge in [0.15, 0.2) is 18.0 Å². The predicted molar refractivity (Wildman–Crippen MR) is 187 cm³/mol. The fraction of sp³-hybridized carbons (Fsp3) is 0.543. The van der Waals surface area contributed by atoms with Gasteiger partial charge in [0.1, 0.15) is 42.4 Å². The van der Waals surface area contributed by atoms with E-state index in [4.69, 9.17) is 33.7 Å². The van der Waals surface area contributed by atoms with Crippen molar-refractivity contribution in [3.05, 3.63) is 54.5 Å². The third-order valence-electron chi connectivity index (χ3n) is 8.56. The second-order valence-corrected chi connectivity index (χ2v) is 14.8. The molecule has 1 fully saturated rings. The minimum atomic E-state index is -4.56. The van der Waals surface area contributed by atoms with Crippen molar-refractivity contribution in [2.24, 2.45) is 17.8 Å². The van der Waals surface area contributed by atoms with E-state index >= 15 is 0 Å². The highest BCUT2D eigenvalue weighted by molar-refractivity contribution is 7.52. The van der Waals surface area contributed by atoms with Crippen LogP contribution in [-0.4, -0.2) is 69.6 Å². The summed E-state index contributed by atoms with van der Waals surface area (Å²) in [6.45, 7) is 11.1. The molecule has 0 aliphatic carbocycles. The number of aromatic nitrogens is 3. The molecule has 1 aliphatic rings. The van der Waals surface area contributed by atoms with Crippen LogP contribution in [0.5, 0.6) is 5.75 Å². The first-order valence-corrected chi connectivity index (χ1v) is 18.7. The lowest BCUT2D eigenvalue weighted by atomic mass is 9.95. The van der Waals surface area contributed by atoms with Crippen molar-refractivity contribution >= 4 is 37.0 Å². The average Bonchev–Trinajstić information content (AvgIpc) is 3.68. The minimum Gasteiger partial charge on any atom is -0.464 e. The maximum atomic E-state index is 14.5. The zero-order valence-corrected chi connectivity index (χ0v) is 31.3. The van der Waals surface area contributed by atoms with Crippen molar-refractivity contribution in [2.75, 3.05) is 18.9 Å². The number of rotatable bonds is 17. The molecule has 1 aliphatic heterocycles. The highest BCUT2D eigenvalue weighted by atomic mass is 31.2. The monoisotopic (exact) mass is 742 g/mol. The van der Waals surface area contributed by atoms with Gasteiger partial charge in [-0.25, -0.2) is 14.1 Å². The lowest BCUT2D eigenvalue weighted by Crippen LogP contribution is -2.50. The number of hydrogen-bond donors (Lipinski definition) is 2. The number of para-hydroxylation sites is 1. The van der Waals surface area contributed by atoms with Gasteiger partial charge in [0.05, 0.1) is 24.1 Å². The summed E-state index contributed by atoms with van der Waals surface area (Å²) in [6, 6.07) is 12.1. The average molecular weight is 743 g/mol. The van der Waals surface area contributed by atoms with Gasteiger partial charge >= 0.3 is 25.7 Å². The van der Waals surface area contributed by atoms with E-state index in [9.17, 15) is 24.2 Å². The third kappa shape index (κ3) is 9.27. The molecule has 2 aromatic heterocycles. The lowest BCUT2D eigenvalue weighted by molar-refractivity contribution is -0.173. The van der Waals surface area contributed by atoms with Crippen LogP contribution in [0.2, 0.25) is 0 Å². The molecule has 3 heterocycles. The molecule has 16 nitrogen and oxygen atoms in total. The molecule has 0 spiro atoms. The number of carbonyl (C=O) groups excluding carboxylic acids is 3. The van der Waals surface area contributed by atoms with Crippen LogP contribution in [0.1, 0.15) is 73.1 Å². The summed E-state index contributed by atoms with van der Waals surface area (Å²) < 4.78 is 51.3. The zero-order chi connectivity index (χ0) is 38.2. The number of benzene rings is 1. The van der Waals surface area contributed by atoms with Crippen molar-refractivity contribution in [1.82, 2.24) is 19.7 Å². The first-order valence-electron chi connectivity index (χ1n) is 17.2. The Morgan fingerprint density at radius 2 is 1.67 bits per heavy atom. The van der Waals surface area contributed by atoms with E-state index in [1.807, 2.05) is 19.9 Å². The molecule has 17 heteroatoms. The molecule has 1 saturated heterocycles. The number of esters is 3. The minimum absolute atomic E-state index is 0.121. The van der Waals surface area contributed by atoms with Gasteiger partial charge in [-0.15, -0.1) is 0 Å². The van der Waals surface area contributed by atoms with Crippen LogP contribution in [0.3, 0.4) is 0 Å². The molecule has 282 valence electrons. The summed E-state index contributed by atoms with van der Waals surface area (Å²) in [5.41, 5.74) is 4.50. The second-order valence-electron chi connectivity index (χ2n) is 13.1. The van der Waals surface area contributed by atoms with Gasteiger partial charge < -0.3 is 29.2 Å². The Bertz CT molecular complexity index is 1790. The number of nitrogens with two attached hydrogens (primary N) is 1. The Morgan fingerprint density at radius 3 is 2.29 bits per heavy atom. The maximum Gasteiger partial charge on any atom is 0.459 e. The number of ether oxygens (including phenoxy) is 4. The normalized spacial score (nSPS) is 21.8. The molecule has 4 rings (SSSR count). The smallest absolute Gasteiger partial charge is 0.459 e. The standard InChI is InChI=1S/C35H47N6O10P/c1-8-24(9-2)17-46-34(44)23(7)40-52(45,51-25-13-11-10-12-14-25)47-19-35(18-36)30(49-33(43)22(5)6)29(48-32(42)21(3)4)28(50-35)26-15-16-27-31(37)38-20-39-41(26)27/h10-16,20-24,28-30H,8-9,17,19H2,1-7H3,(H,40,45)(H2,37,38,39)/t23-,28-,29+,30-,35+,52?/m0/s1. The van der Waals surface area contributed by atoms with Crippen LogP contribution < -0.4 is 15.3 Å². The molecule has 6 atom stereocenters. The van der Waals surface area contributed by atoms with E-state index in [1.54, 1.807) is 58.0 Å². The Labute approximate surface area is 302 Å². The molecule has 3 N–H and O–H groups in total. The number of nitrogens with zero attached hydrogens (tertiary/aromatic N) is 4. The van der Waals surface area contributed by atoms with Crippen molar-refractivity contribution < 1.29 is 46.9 Å². The van der Waals surface area contributed by atoms with Gasteiger partial charge in [-0.2, -0.15) is 15.4 Å². The van der Waals surface area contributed by atoms with Gasteiger partial charge in [0.25, 0.3) is 0 Å².